The molecule has 0 fully saturated rings. The molecule has 0 bridgehead atoms. The maximum Gasteiger partial charge on any atom is 0.257 e. The van der Waals surface area contributed by atoms with E-state index < -0.39 is 0 Å². The van der Waals surface area contributed by atoms with Crippen LogP contribution in [0.3, 0.4) is 0 Å². The predicted molar refractivity (Wildman–Crippen MR) is 141 cm³/mol. The molecule has 7 heteroatoms. The second-order valence-corrected chi connectivity index (χ2v) is 8.76. The second-order valence-electron chi connectivity index (χ2n) is 8.35. The predicted octanol–water partition coefficient (Wildman–Crippen LogP) is 6.68. The van der Waals surface area contributed by atoms with Crippen molar-refractivity contribution in [2.75, 3.05) is 10.6 Å². The van der Waals surface area contributed by atoms with Gasteiger partial charge >= 0.3 is 0 Å². The number of rotatable bonds is 6. The molecule has 0 saturated carbocycles. The van der Waals surface area contributed by atoms with Crippen molar-refractivity contribution in [1.29, 1.82) is 0 Å². The number of aromatic amines is 1. The van der Waals surface area contributed by atoms with Crippen LogP contribution in [0.25, 0.3) is 10.9 Å². The van der Waals surface area contributed by atoms with Gasteiger partial charge in [-0.3, -0.25) is 9.78 Å². The van der Waals surface area contributed by atoms with Crippen molar-refractivity contribution in [3.05, 3.63) is 118 Å². The summed E-state index contributed by atoms with van der Waals surface area (Å²) in [4.78, 5) is 25.6. The Bertz CT molecular complexity index is 1510. The number of H-pyrrole nitrogens is 1. The van der Waals surface area contributed by atoms with E-state index in [2.05, 4.69) is 25.6 Å². The molecule has 3 heterocycles. The average molecular weight is 482 g/mol. The molecule has 0 aliphatic carbocycles. The first-order valence-electron chi connectivity index (χ1n) is 11.3. The molecule has 0 unspecified atom stereocenters. The zero-order valence-corrected chi connectivity index (χ0v) is 20.1. The molecule has 0 saturated heterocycles. The zero-order chi connectivity index (χ0) is 24.4. The summed E-state index contributed by atoms with van der Waals surface area (Å²) in [7, 11) is 0. The number of carbonyl (C=O) groups is 1. The molecule has 1 atom stereocenters. The Morgan fingerprint density at radius 3 is 2.57 bits per heavy atom. The monoisotopic (exact) mass is 481 g/mol. The summed E-state index contributed by atoms with van der Waals surface area (Å²) in [5, 5.41) is 7.94. The Kier molecular flexibility index (Phi) is 6.21. The van der Waals surface area contributed by atoms with Crippen LogP contribution in [0.2, 0.25) is 5.02 Å². The minimum absolute atomic E-state index is 0.256. The first-order valence-corrected chi connectivity index (χ1v) is 11.7. The molecule has 3 N–H and O–H groups in total. The minimum Gasteiger partial charge on any atom is -0.358 e. The van der Waals surface area contributed by atoms with Crippen molar-refractivity contribution in [1.82, 2.24) is 15.0 Å². The van der Waals surface area contributed by atoms with Gasteiger partial charge in [0.2, 0.25) is 0 Å². The van der Waals surface area contributed by atoms with E-state index in [0.29, 0.717) is 16.3 Å². The van der Waals surface area contributed by atoms with Crippen molar-refractivity contribution in [3.63, 3.8) is 0 Å². The van der Waals surface area contributed by atoms with Gasteiger partial charge in [-0.1, -0.05) is 35.9 Å². The van der Waals surface area contributed by atoms with E-state index in [-0.39, 0.29) is 11.9 Å². The van der Waals surface area contributed by atoms with Crippen LogP contribution in [0.15, 0.2) is 85.1 Å². The number of pyridine rings is 2. The summed E-state index contributed by atoms with van der Waals surface area (Å²) in [5.41, 5.74) is 5.91. The summed E-state index contributed by atoms with van der Waals surface area (Å²) in [6.07, 6.45) is 1.78. The molecule has 35 heavy (non-hydrogen) atoms. The second kappa shape index (κ2) is 9.60. The van der Waals surface area contributed by atoms with Gasteiger partial charge < -0.3 is 15.6 Å². The molecule has 1 amide bonds. The highest BCUT2D eigenvalue weighted by Gasteiger charge is 2.23. The third kappa shape index (κ3) is 4.74. The molecule has 0 aliphatic heterocycles. The summed E-state index contributed by atoms with van der Waals surface area (Å²) in [6, 6.07) is 24.3. The molecule has 6 nitrogen and oxygen atoms in total. The van der Waals surface area contributed by atoms with Crippen molar-refractivity contribution in [2.45, 2.75) is 19.9 Å². The zero-order valence-electron chi connectivity index (χ0n) is 19.3. The fourth-order valence-electron chi connectivity index (χ4n) is 4.25. The highest BCUT2D eigenvalue weighted by molar-refractivity contribution is 6.34. The number of anilines is 2. The van der Waals surface area contributed by atoms with Gasteiger partial charge in [0, 0.05) is 39.7 Å². The Morgan fingerprint density at radius 1 is 0.971 bits per heavy atom. The number of carbonyl (C=O) groups excluding carboxylic acids is 1. The van der Waals surface area contributed by atoms with Crippen LogP contribution in [0, 0.1) is 13.8 Å². The van der Waals surface area contributed by atoms with E-state index >= 15 is 0 Å². The summed E-state index contributed by atoms with van der Waals surface area (Å²) < 4.78 is 0. The molecule has 174 valence electrons. The largest absolute Gasteiger partial charge is 0.358 e. The Hall–Kier alpha value is -4.16. The quantitative estimate of drug-likeness (QED) is 0.252. The molecular formula is C28H24ClN5O. The van der Waals surface area contributed by atoms with Gasteiger partial charge in [-0.2, -0.15) is 0 Å². The lowest BCUT2D eigenvalue weighted by atomic mass is 9.99. The number of nitrogens with zero attached hydrogens (tertiary/aromatic N) is 2. The van der Waals surface area contributed by atoms with Gasteiger partial charge in [0.25, 0.3) is 5.91 Å². The van der Waals surface area contributed by atoms with Crippen molar-refractivity contribution < 1.29 is 4.79 Å². The van der Waals surface area contributed by atoms with Crippen molar-refractivity contribution >= 4 is 39.9 Å². The van der Waals surface area contributed by atoms with Gasteiger partial charge in [0.05, 0.1) is 22.3 Å². The van der Waals surface area contributed by atoms with Gasteiger partial charge in [-0.15, -0.1) is 0 Å². The maximum atomic E-state index is 12.9. The topological polar surface area (TPSA) is 82.7 Å². The number of halogens is 1. The Morgan fingerprint density at radius 2 is 1.80 bits per heavy atom. The maximum absolute atomic E-state index is 12.9. The number of hydrogen-bond acceptors (Lipinski definition) is 4. The van der Waals surface area contributed by atoms with Gasteiger partial charge in [-0.05, 0) is 68.4 Å². The molecule has 0 radical (unpaired) electrons. The number of hydrogen-bond donors (Lipinski definition) is 3. The minimum atomic E-state index is -0.257. The molecule has 5 aromatic rings. The molecule has 0 spiro atoms. The number of benzene rings is 2. The molecule has 5 rings (SSSR count). The van der Waals surface area contributed by atoms with Crippen LogP contribution in [-0.2, 0) is 0 Å². The molecule has 2 aromatic carbocycles. The molecule has 3 aromatic heterocycles. The lowest BCUT2D eigenvalue weighted by molar-refractivity contribution is 0.102. The smallest absolute Gasteiger partial charge is 0.257 e. The van der Waals surface area contributed by atoms with E-state index in [1.54, 1.807) is 30.5 Å². The van der Waals surface area contributed by atoms with E-state index in [4.69, 9.17) is 11.6 Å². The number of aryl methyl sites for hydroxylation is 2. The van der Waals surface area contributed by atoms with Crippen LogP contribution < -0.4 is 10.6 Å². The van der Waals surface area contributed by atoms with E-state index in [1.807, 2.05) is 68.4 Å². The lowest BCUT2D eigenvalue weighted by Crippen LogP contribution is -2.16. The lowest BCUT2D eigenvalue weighted by Gasteiger charge is -2.20. The van der Waals surface area contributed by atoms with E-state index in [9.17, 15) is 4.79 Å². The fraction of sp³-hybridized carbons (Fsp3) is 0.107. The van der Waals surface area contributed by atoms with E-state index in [0.717, 1.165) is 39.4 Å². The standard InChI is InChI=1S/C28H24ClN5O/c1-17-8-7-12-25(31-17)34-27(24-11-5-6-15-30-24)26-18(2)32-23-14-13-19(16-21(23)26)33-28(35)20-9-3-4-10-22(20)29/h3-16,27,32H,1-2H3,(H,31,34)(H,33,35)/t27-/m0/s1. The summed E-state index contributed by atoms with van der Waals surface area (Å²) in [6.45, 7) is 4.00. The summed E-state index contributed by atoms with van der Waals surface area (Å²) >= 11 is 6.22. The van der Waals surface area contributed by atoms with Crippen molar-refractivity contribution in [2.24, 2.45) is 0 Å². The van der Waals surface area contributed by atoms with Crippen LogP contribution in [0.4, 0.5) is 11.5 Å². The summed E-state index contributed by atoms with van der Waals surface area (Å²) in [5.74, 6) is 0.504. The van der Waals surface area contributed by atoms with Gasteiger partial charge in [-0.25, -0.2) is 4.98 Å². The van der Waals surface area contributed by atoms with Crippen LogP contribution in [0.5, 0.6) is 0 Å². The number of amides is 1. The highest BCUT2D eigenvalue weighted by atomic mass is 35.5. The van der Waals surface area contributed by atoms with E-state index in [1.165, 1.54) is 0 Å². The molecular weight excluding hydrogens is 458 g/mol. The third-order valence-electron chi connectivity index (χ3n) is 5.87. The highest BCUT2D eigenvalue weighted by Crippen LogP contribution is 2.35. The average Bonchev–Trinajstić information content (AvgIpc) is 3.18. The normalized spacial score (nSPS) is 11.9. The van der Waals surface area contributed by atoms with Crippen LogP contribution in [0.1, 0.15) is 39.0 Å². The Labute approximate surface area is 208 Å². The van der Waals surface area contributed by atoms with Gasteiger partial charge in [0.15, 0.2) is 0 Å². The number of nitrogens with one attached hydrogen (secondary N) is 3. The first kappa shape index (κ1) is 22.6. The SMILES string of the molecule is Cc1cccc(N[C@@H](c2ccccn2)c2c(C)[nH]c3ccc(NC(=O)c4ccccc4Cl)cc23)n1. The number of fused-ring (bicyclic) bond motifs is 1. The number of aromatic nitrogens is 3. The Balaban J connectivity index is 1.57. The van der Waals surface area contributed by atoms with Crippen molar-refractivity contribution in [3.8, 4) is 0 Å². The fourth-order valence-corrected chi connectivity index (χ4v) is 4.47. The first-order chi connectivity index (χ1) is 17.0. The van der Waals surface area contributed by atoms with Gasteiger partial charge in [0.1, 0.15) is 5.82 Å². The van der Waals surface area contributed by atoms with Crippen LogP contribution in [-0.4, -0.2) is 20.9 Å². The van der Waals surface area contributed by atoms with Crippen LogP contribution >= 0.6 is 11.6 Å². The third-order valence-corrected chi connectivity index (χ3v) is 6.19. The molecule has 0 aliphatic rings.